The van der Waals surface area contributed by atoms with Gasteiger partial charge in [0.1, 0.15) is 25.3 Å². The third-order valence-corrected chi connectivity index (χ3v) is 6.85. The number of alkyl carbamates (subject to hydrolysis) is 1. The van der Waals surface area contributed by atoms with Crippen molar-refractivity contribution in [3.05, 3.63) is 71.8 Å². The summed E-state index contributed by atoms with van der Waals surface area (Å²) >= 11 is 0. The van der Waals surface area contributed by atoms with Gasteiger partial charge in [0.2, 0.25) is 5.91 Å². The average Bonchev–Trinajstić information content (AvgIpc) is 3.47. The van der Waals surface area contributed by atoms with Gasteiger partial charge in [-0.15, -0.1) is 0 Å². The van der Waals surface area contributed by atoms with Gasteiger partial charge >= 0.3 is 12.1 Å². The Kier molecular flexibility index (Phi) is 7.83. The molecular formula is C27H32N2O5. The van der Waals surface area contributed by atoms with Crippen LogP contribution in [0.1, 0.15) is 43.7 Å². The van der Waals surface area contributed by atoms with Crippen molar-refractivity contribution in [3.63, 3.8) is 0 Å². The number of nitrogens with zero attached hydrogens (tertiary/aromatic N) is 1. The van der Waals surface area contributed by atoms with Crippen molar-refractivity contribution in [2.45, 2.75) is 57.9 Å². The summed E-state index contributed by atoms with van der Waals surface area (Å²) in [6.07, 6.45) is 2.72. The number of fused-ring (bicyclic) bond motifs is 1. The predicted octanol–water partition coefficient (Wildman–Crippen LogP) is 4.06. The van der Waals surface area contributed by atoms with E-state index in [1.54, 1.807) is 4.90 Å². The van der Waals surface area contributed by atoms with Crippen molar-refractivity contribution in [2.75, 3.05) is 6.54 Å². The molecule has 2 aromatic rings. The van der Waals surface area contributed by atoms with Gasteiger partial charge in [-0.1, -0.05) is 74.0 Å². The molecule has 1 heterocycles. The Labute approximate surface area is 200 Å². The number of esters is 1. The molecule has 0 aromatic heterocycles. The molecule has 2 amide bonds. The monoisotopic (exact) mass is 464 g/mol. The molecule has 1 N–H and O–H groups in total. The minimum Gasteiger partial charge on any atom is -0.459 e. The maximum Gasteiger partial charge on any atom is 0.408 e. The number of nitrogens with one attached hydrogen (secondary N) is 1. The summed E-state index contributed by atoms with van der Waals surface area (Å²) in [5.74, 6) is -0.223. The van der Waals surface area contributed by atoms with E-state index in [0.717, 1.165) is 30.4 Å². The van der Waals surface area contributed by atoms with E-state index in [-0.39, 0.29) is 31.0 Å². The first-order valence-corrected chi connectivity index (χ1v) is 12.0. The topological polar surface area (TPSA) is 84.9 Å². The van der Waals surface area contributed by atoms with Gasteiger partial charge in [-0.2, -0.15) is 0 Å². The first kappa shape index (κ1) is 23.8. The average molecular weight is 465 g/mol. The highest BCUT2D eigenvalue weighted by molar-refractivity contribution is 5.90. The Morgan fingerprint density at radius 2 is 1.56 bits per heavy atom. The van der Waals surface area contributed by atoms with Gasteiger partial charge in [-0.3, -0.25) is 4.79 Å². The van der Waals surface area contributed by atoms with Gasteiger partial charge in [-0.25, -0.2) is 9.59 Å². The fraction of sp³-hybridized carbons (Fsp3) is 0.444. The smallest absolute Gasteiger partial charge is 0.408 e. The molecule has 2 fully saturated rings. The standard InChI is InChI=1S/C27H32N2O5/c1-2-23(28-27(32)34-18-20-12-7-4-8-13-20)25(30)29-16-21-14-9-15-22(21)24(29)26(31)33-17-19-10-5-3-6-11-19/h3-8,10-13,21-24H,2,9,14-18H2,1H3,(H,28,32)/t21-,22-,23-,24-/m0/s1. The van der Waals surface area contributed by atoms with E-state index in [4.69, 9.17) is 9.47 Å². The molecule has 4 rings (SSSR count). The van der Waals surface area contributed by atoms with E-state index >= 15 is 0 Å². The van der Waals surface area contributed by atoms with Crippen molar-refractivity contribution in [1.29, 1.82) is 0 Å². The number of benzene rings is 2. The number of rotatable bonds is 8. The molecule has 34 heavy (non-hydrogen) atoms. The van der Waals surface area contributed by atoms with Crippen molar-refractivity contribution < 1.29 is 23.9 Å². The minimum atomic E-state index is -0.758. The number of carbonyl (C=O) groups excluding carboxylic acids is 3. The van der Waals surface area contributed by atoms with E-state index in [1.165, 1.54) is 0 Å². The fourth-order valence-corrected chi connectivity index (χ4v) is 5.09. The summed E-state index contributed by atoms with van der Waals surface area (Å²) in [6.45, 7) is 2.65. The van der Waals surface area contributed by atoms with Gasteiger partial charge < -0.3 is 19.7 Å². The Morgan fingerprint density at radius 1 is 0.941 bits per heavy atom. The molecule has 7 heteroatoms. The molecule has 0 bridgehead atoms. The molecule has 1 saturated heterocycles. The van der Waals surface area contributed by atoms with Crippen LogP contribution in [0.4, 0.5) is 4.79 Å². The lowest BCUT2D eigenvalue weighted by atomic mass is 9.94. The molecule has 1 aliphatic heterocycles. The van der Waals surface area contributed by atoms with Crippen LogP contribution in [-0.2, 0) is 32.3 Å². The molecule has 180 valence electrons. The van der Waals surface area contributed by atoms with Gasteiger partial charge in [-0.05, 0) is 42.2 Å². The Balaban J connectivity index is 1.39. The quantitative estimate of drug-likeness (QED) is 0.596. The summed E-state index contributed by atoms with van der Waals surface area (Å²) in [7, 11) is 0. The molecule has 2 aromatic carbocycles. The summed E-state index contributed by atoms with van der Waals surface area (Å²) in [4.78, 5) is 40.6. The van der Waals surface area contributed by atoms with Gasteiger partial charge in [0.05, 0.1) is 0 Å². The second-order valence-electron chi connectivity index (χ2n) is 9.05. The van der Waals surface area contributed by atoms with Crippen LogP contribution in [0.2, 0.25) is 0 Å². The van der Waals surface area contributed by atoms with Gasteiger partial charge in [0, 0.05) is 6.54 Å². The number of amides is 2. The summed E-state index contributed by atoms with van der Waals surface area (Å²) in [6, 6.07) is 17.5. The van der Waals surface area contributed by atoms with Crippen LogP contribution in [0.15, 0.2) is 60.7 Å². The van der Waals surface area contributed by atoms with E-state index < -0.39 is 18.2 Å². The zero-order valence-corrected chi connectivity index (χ0v) is 19.5. The molecule has 0 unspecified atom stereocenters. The number of likely N-dealkylation sites (tertiary alicyclic amines) is 1. The Morgan fingerprint density at radius 3 is 2.18 bits per heavy atom. The van der Waals surface area contributed by atoms with Crippen LogP contribution in [0, 0.1) is 11.8 Å². The maximum absolute atomic E-state index is 13.5. The van der Waals surface area contributed by atoms with E-state index in [1.807, 2.05) is 67.6 Å². The molecule has 4 atom stereocenters. The van der Waals surface area contributed by atoms with Crippen LogP contribution < -0.4 is 5.32 Å². The summed E-state index contributed by atoms with van der Waals surface area (Å²) in [5.41, 5.74) is 1.77. The summed E-state index contributed by atoms with van der Waals surface area (Å²) in [5, 5.41) is 2.69. The van der Waals surface area contributed by atoms with Gasteiger partial charge in [0.15, 0.2) is 0 Å². The third-order valence-electron chi connectivity index (χ3n) is 6.85. The lowest BCUT2D eigenvalue weighted by Gasteiger charge is -2.29. The normalized spacial score (nSPS) is 22.0. The molecular weight excluding hydrogens is 432 g/mol. The van der Waals surface area contributed by atoms with Gasteiger partial charge in [0.25, 0.3) is 0 Å². The largest absolute Gasteiger partial charge is 0.459 e. The highest BCUT2D eigenvalue weighted by Gasteiger charge is 2.51. The second-order valence-corrected chi connectivity index (χ2v) is 9.05. The summed E-state index contributed by atoms with van der Waals surface area (Å²) < 4.78 is 10.9. The van der Waals surface area contributed by atoms with Crippen molar-refractivity contribution in [1.82, 2.24) is 10.2 Å². The van der Waals surface area contributed by atoms with Crippen molar-refractivity contribution in [2.24, 2.45) is 11.8 Å². The third kappa shape index (κ3) is 5.58. The number of ether oxygens (including phenoxy) is 2. The van der Waals surface area contributed by atoms with E-state index in [0.29, 0.717) is 18.9 Å². The minimum absolute atomic E-state index is 0.106. The molecule has 2 aliphatic rings. The van der Waals surface area contributed by atoms with Crippen LogP contribution in [0.5, 0.6) is 0 Å². The van der Waals surface area contributed by atoms with Crippen LogP contribution in [-0.4, -0.2) is 41.5 Å². The number of hydrogen-bond donors (Lipinski definition) is 1. The maximum atomic E-state index is 13.5. The highest BCUT2D eigenvalue weighted by Crippen LogP contribution is 2.43. The first-order valence-electron chi connectivity index (χ1n) is 12.0. The molecule has 0 spiro atoms. The van der Waals surface area contributed by atoms with E-state index in [2.05, 4.69) is 5.32 Å². The molecule has 0 radical (unpaired) electrons. The lowest BCUT2D eigenvalue weighted by molar-refractivity contribution is -0.156. The van der Waals surface area contributed by atoms with E-state index in [9.17, 15) is 14.4 Å². The second kappa shape index (κ2) is 11.2. The van der Waals surface area contributed by atoms with Crippen LogP contribution in [0.3, 0.4) is 0 Å². The predicted molar refractivity (Wildman–Crippen MR) is 126 cm³/mol. The zero-order chi connectivity index (χ0) is 23.9. The Bertz CT molecular complexity index is 981. The Hall–Kier alpha value is -3.35. The van der Waals surface area contributed by atoms with Crippen molar-refractivity contribution in [3.8, 4) is 0 Å². The molecule has 1 saturated carbocycles. The fourth-order valence-electron chi connectivity index (χ4n) is 5.09. The molecule has 7 nitrogen and oxygen atoms in total. The number of hydrogen-bond acceptors (Lipinski definition) is 5. The number of carbonyl (C=O) groups is 3. The lowest BCUT2D eigenvalue weighted by Crippen LogP contribution is -2.53. The van der Waals surface area contributed by atoms with Crippen LogP contribution >= 0.6 is 0 Å². The molecule has 1 aliphatic carbocycles. The zero-order valence-electron chi connectivity index (χ0n) is 19.5. The first-order chi connectivity index (χ1) is 16.6. The van der Waals surface area contributed by atoms with Crippen molar-refractivity contribution >= 4 is 18.0 Å². The highest BCUT2D eigenvalue weighted by atomic mass is 16.5. The SMILES string of the molecule is CC[C@H](NC(=O)OCc1ccccc1)C(=O)N1C[C@@H]2CCC[C@@H]2[C@H]1C(=O)OCc1ccccc1. The van der Waals surface area contributed by atoms with Crippen LogP contribution in [0.25, 0.3) is 0 Å².